The third-order valence-corrected chi connectivity index (χ3v) is 6.34. The lowest BCUT2D eigenvalue weighted by atomic mass is 9.93. The molecule has 0 spiro atoms. The third-order valence-electron chi connectivity index (χ3n) is 6.34. The molecule has 0 radical (unpaired) electrons. The number of carboxylic acid groups (broad SMARTS) is 1. The monoisotopic (exact) mass is 512 g/mol. The van der Waals surface area contributed by atoms with Crippen LogP contribution in [0.3, 0.4) is 0 Å². The first-order chi connectivity index (χ1) is 18.2. The van der Waals surface area contributed by atoms with Crippen molar-refractivity contribution in [2.24, 2.45) is 5.73 Å². The molecule has 6 nitrogen and oxygen atoms in total. The lowest BCUT2D eigenvalue weighted by molar-refractivity contribution is -0.136. The van der Waals surface area contributed by atoms with Crippen LogP contribution in [-0.4, -0.2) is 24.1 Å². The fourth-order valence-corrected chi connectivity index (χ4v) is 4.37. The normalized spacial score (nSPS) is 10.7. The molecule has 0 saturated carbocycles. The van der Waals surface area contributed by atoms with E-state index in [1.54, 1.807) is 43.5 Å². The second-order valence-corrected chi connectivity index (χ2v) is 9.12. The van der Waals surface area contributed by atoms with E-state index in [-0.39, 0.29) is 13.0 Å². The second-order valence-electron chi connectivity index (χ2n) is 9.12. The van der Waals surface area contributed by atoms with E-state index in [9.17, 15) is 19.1 Å². The van der Waals surface area contributed by atoms with Gasteiger partial charge >= 0.3 is 5.97 Å². The molecular weight excluding hydrogens is 483 g/mol. The Morgan fingerprint density at radius 1 is 0.921 bits per heavy atom. The van der Waals surface area contributed by atoms with Gasteiger partial charge in [0, 0.05) is 17.8 Å². The van der Waals surface area contributed by atoms with Crippen LogP contribution in [-0.2, 0) is 24.2 Å². The summed E-state index contributed by atoms with van der Waals surface area (Å²) in [6.07, 6.45) is 0.299. The molecule has 0 bridgehead atoms. The van der Waals surface area contributed by atoms with Crippen LogP contribution in [0.1, 0.15) is 38.2 Å². The Balaban J connectivity index is 1.77. The predicted octanol–water partition coefficient (Wildman–Crippen LogP) is 5.74. The highest BCUT2D eigenvalue weighted by atomic mass is 19.1. The summed E-state index contributed by atoms with van der Waals surface area (Å²) >= 11 is 0. The van der Waals surface area contributed by atoms with Crippen molar-refractivity contribution < 1.29 is 23.8 Å². The number of carboxylic acids is 1. The van der Waals surface area contributed by atoms with Crippen LogP contribution in [0, 0.1) is 12.7 Å². The van der Waals surface area contributed by atoms with Crippen molar-refractivity contribution >= 4 is 17.6 Å². The zero-order chi connectivity index (χ0) is 27.2. The molecule has 4 N–H and O–H groups in total. The van der Waals surface area contributed by atoms with Gasteiger partial charge in [0.1, 0.15) is 11.6 Å². The van der Waals surface area contributed by atoms with E-state index in [0.29, 0.717) is 39.9 Å². The van der Waals surface area contributed by atoms with Gasteiger partial charge in [-0.3, -0.25) is 9.59 Å². The lowest BCUT2D eigenvalue weighted by Gasteiger charge is -2.14. The molecule has 0 aliphatic rings. The van der Waals surface area contributed by atoms with Crippen molar-refractivity contribution in [2.75, 3.05) is 12.4 Å². The smallest absolute Gasteiger partial charge is 0.307 e. The van der Waals surface area contributed by atoms with Crippen molar-refractivity contribution in [1.82, 2.24) is 0 Å². The minimum Gasteiger partial charge on any atom is -0.497 e. The van der Waals surface area contributed by atoms with E-state index < -0.39 is 17.7 Å². The fraction of sp³-hybridized carbons (Fsp3) is 0.161. The van der Waals surface area contributed by atoms with E-state index in [1.165, 1.54) is 12.1 Å². The predicted molar refractivity (Wildman–Crippen MR) is 146 cm³/mol. The van der Waals surface area contributed by atoms with Crippen LogP contribution >= 0.6 is 0 Å². The van der Waals surface area contributed by atoms with Crippen LogP contribution < -0.4 is 15.8 Å². The number of aryl methyl sites for hydroxylation is 1. The van der Waals surface area contributed by atoms with Gasteiger partial charge in [-0.1, -0.05) is 30.3 Å². The highest BCUT2D eigenvalue weighted by Gasteiger charge is 2.15. The van der Waals surface area contributed by atoms with Crippen LogP contribution in [0.4, 0.5) is 10.1 Å². The molecule has 0 aliphatic carbocycles. The molecule has 4 aromatic rings. The van der Waals surface area contributed by atoms with Crippen LogP contribution in [0.5, 0.6) is 5.75 Å². The van der Waals surface area contributed by atoms with Crippen molar-refractivity contribution in [1.29, 1.82) is 0 Å². The first kappa shape index (κ1) is 26.6. The topological polar surface area (TPSA) is 102 Å². The van der Waals surface area contributed by atoms with Crippen molar-refractivity contribution in [3.05, 3.63) is 118 Å². The molecule has 38 heavy (non-hydrogen) atoms. The average molecular weight is 513 g/mol. The molecule has 0 unspecified atom stereocenters. The summed E-state index contributed by atoms with van der Waals surface area (Å²) in [7, 11) is 1.61. The molecule has 0 atom stereocenters. The molecule has 194 valence electrons. The van der Waals surface area contributed by atoms with Crippen molar-refractivity contribution in [3.63, 3.8) is 0 Å². The van der Waals surface area contributed by atoms with Gasteiger partial charge < -0.3 is 20.9 Å². The van der Waals surface area contributed by atoms with E-state index in [4.69, 9.17) is 10.5 Å². The minimum absolute atomic E-state index is 0.182. The average Bonchev–Trinajstić information content (AvgIpc) is 2.90. The quantitative estimate of drug-likeness (QED) is 0.266. The highest BCUT2D eigenvalue weighted by Crippen LogP contribution is 2.28. The maximum atomic E-state index is 14.4. The van der Waals surface area contributed by atoms with Crippen molar-refractivity contribution in [2.45, 2.75) is 26.3 Å². The fourth-order valence-electron chi connectivity index (χ4n) is 4.37. The Hall–Kier alpha value is -4.49. The number of carbonyl (C=O) groups is 2. The Bertz CT molecular complexity index is 1500. The molecule has 7 heteroatoms. The van der Waals surface area contributed by atoms with Gasteiger partial charge in [-0.15, -0.1) is 0 Å². The Morgan fingerprint density at radius 3 is 2.39 bits per heavy atom. The number of aliphatic carboxylic acids is 1. The number of methoxy groups -OCH3 is 1. The molecule has 0 aromatic heterocycles. The Morgan fingerprint density at radius 2 is 1.66 bits per heavy atom. The molecule has 0 fully saturated rings. The summed E-state index contributed by atoms with van der Waals surface area (Å²) < 4.78 is 19.8. The van der Waals surface area contributed by atoms with Crippen LogP contribution in [0.15, 0.2) is 78.9 Å². The standard InChI is InChI=1S/C31H29FN2O4/c1-19-7-8-28(38-2)16-23(19)9-20-10-24(25-12-21(18-33)13-27(32)15-25)14-26(11-20)31(37)34-29-6-4-3-5-22(29)17-30(35)36/h3-8,10-16H,9,17-18,33H2,1-2H3,(H,34,37)(H,35,36). The van der Waals surface area contributed by atoms with E-state index in [1.807, 2.05) is 37.3 Å². The molecule has 0 heterocycles. The third kappa shape index (κ3) is 6.44. The SMILES string of the molecule is COc1ccc(C)c(Cc2cc(C(=O)Nc3ccccc3CC(=O)O)cc(-c3cc(F)cc(CN)c3)c2)c1. The van der Waals surface area contributed by atoms with Gasteiger partial charge in [0.05, 0.1) is 13.5 Å². The van der Waals surface area contributed by atoms with E-state index >= 15 is 0 Å². The summed E-state index contributed by atoms with van der Waals surface area (Å²) in [5.41, 5.74) is 11.9. The summed E-state index contributed by atoms with van der Waals surface area (Å²) in [5.74, 6) is -1.08. The molecule has 4 aromatic carbocycles. The zero-order valence-corrected chi connectivity index (χ0v) is 21.3. The summed E-state index contributed by atoms with van der Waals surface area (Å²) in [4.78, 5) is 24.7. The number of ether oxygens (including phenoxy) is 1. The number of hydrogen-bond donors (Lipinski definition) is 3. The molecule has 4 rings (SSSR count). The maximum Gasteiger partial charge on any atom is 0.307 e. The van der Waals surface area contributed by atoms with Gasteiger partial charge in [0.25, 0.3) is 5.91 Å². The van der Waals surface area contributed by atoms with Gasteiger partial charge in [0.15, 0.2) is 0 Å². The number of hydrogen-bond acceptors (Lipinski definition) is 4. The summed E-state index contributed by atoms with van der Waals surface area (Å²) in [6, 6.07) is 22.7. The number of benzene rings is 4. The second kappa shape index (κ2) is 11.7. The number of amides is 1. The Kier molecular flexibility index (Phi) is 8.19. The van der Waals surface area contributed by atoms with Crippen LogP contribution in [0.2, 0.25) is 0 Å². The number of carbonyl (C=O) groups excluding carboxylic acids is 1. The number of para-hydroxylation sites is 1. The first-order valence-electron chi connectivity index (χ1n) is 12.1. The molecule has 0 aliphatic heterocycles. The molecular formula is C31H29FN2O4. The minimum atomic E-state index is -0.994. The lowest BCUT2D eigenvalue weighted by Crippen LogP contribution is -2.15. The highest BCUT2D eigenvalue weighted by molar-refractivity contribution is 6.05. The van der Waals surface area contributed by atoms with Crippen LogP contribution in [0.25, 0.3) is 11.1 Å². The number of nitrogens with two attached hydrogens (primary N) is 1. The van der Waals surface area contributed by atoms with Gasteiger partial charge in [-0.25, -0.2) is 4.39 Å². The molecule has 0 saturated heterocycles. The largest absolute Gasteiger partial charge is 0.497 e. The number of nitrogens with one attached hydrogen (secondary N) is 1. The molecule has 1 amide bonds. The maximum absolute atomic E-state index is 14.4. The Labute approximate surface area is 220 Å². The van der Waals surface area contributed by atoms with E-state index in [2.05, 4.69) is 5.32 Å². The van der Waals surface area contributed by atoms with Crippen molar-refractivity contribution in [3.8, 4) is 16.9 Å². The number of anilines is 1. The first-order valence-corrected chi connectivity index (χ1v) is 12.1. The zero-order valence-electron chi connectivity index (χ0n) is 21.3. The van der Waals surface area contributed by atoms with E-state index in [0.717, 1.165) is 22.4 Å². The van der Waals surface area contributed by atoms with Gasteiger partial charge in [-0.2, -0.15) is 0 Å². The summed E-state index contributed by atoms with van der Waals surface area (Å²) in [6.45, 7) is 2.19. The van der Waals surface area contributed by atoms with Gasteiger partial charge in [-0.05, 0) is 101 Å². The number of halogens is 1. The van der Waals surface area contributed by atoms with Gasteiger partial charge in [0.2, 0.25) is 0 Å². The summed E-state index contributed by atoms with van der Waals surface area (Å²) in [5, 5.41) is 12.1. The number of rotatable bonds is 9.